The lowest BCUT2D eigenvalue weighted by Gasteiger charge is -2.12. The summed E-state index contributed by atoms with van der Waals surface area (Å²) >= 11 is 0. The lowest BCUT2D eigenvalue weighted by atomic mass is 9.99. The molecule has 0 saturated heterocycles. The summed E-state index contributed by atoms with van der Waals surface area (Å²) in [6.45, 7) is 6.49. The third kappa shape index (κ3) is 37.1. The number of carbonyl (C=O) groups excluding carboxylic acids is 2. The van der Waals surface area contributed by atoms with E-state index in [1.807, 2.05) is 12.2 Å². The van der Waals surface area contributed by atoms with Gasteiger partial charge < -0.3 is 19.7 Å². The molecule has 0 radical (unpaired) electrons. The molecule has 50 heavy (non-hydrogen) atoms. The van der Waals surface area contributed by atoms with Crippen LogP contribution in [0.25, 0.3) is 0 Å². The number of aliphatic hydroxyl groups is 2. The average Bonchev–Trinajstić information content (AvgIpc) is 3.11. The number of rotatable bonds is 36. The van der Waals surface area contributed by atoms with E-state index in [1.165, 1.54) is 83.5 Å². The van der Waals surface area contributed by atoms with Crippen molar-refractivity contribution in [1.82, 2.24) is 0 Å². The van der Waals surface area contributed by atoms with Crippen LogP contribution in [0.4, 0.5) is 0 Å². The van der Waals surface area contributed by atoms with E-state index in [4.69, 9.17) is 9.47 Å². The number of esters is 2. The Balaban J connectivity index is 3.55. The highest BCUT2D eigenvalue weighted by Crippen LogP contribution is 2.16. The van der Waals surface area contributed by atoms with Crippen molar-refractivity contribution in [2.24, 2.45) is 5.92 Å². The van der Waals surface area contributed by atoms with Crippen molar-refractivity contribution in [1.29, 1.82) is 0 Å². The molecule has 0 saturated carbocycles. The van der Waals surface area contributed by atoms with Gasteiger partial charge in [-0.15, -0.1) is 0 Å². The first-order chi connectivity index (χ1) is 24.4. The highest BCUT2D eigenvalue weighted by atomic mass is 16.6. The monoisotopic (exact) mass is 703 g/mol. The van der Waals surface area contributed by atoms with Gasteiger partial charge >= 0.3 is 11.9 Å². The summed E-state index contributed by atoms with van der Waals surface area (Å²) in [5, 5.41) is 19.8. The molecule has 6 heteroatoms. The first-order valence-corrected chi connectivity index (χ1v) is 20.7. The van der Waals surface area contributed by atoms with Gasteiger partial charge in [0.2, 0.25) is 0 Å². The SMILES string of the molecule is CCCC[C@H](O)/C=C\C/C=C\C/C=C\C/C=C\CCCC(=O)OC[C@@H](O)COC(=O)CCCCCCCCCCCCCCCCC(C)CC. The van der Waals surface area contributed by atoms with Crippen LogP contribution in [0, 0.1) is 5.92 Å². The minimum absolute atomic E-state index is 0.142. The fourth-order valence-corrected chi connectivity index (χ4v) is 5.60. The molecule has 2 N–H and O–H groups in total. The zero-order valence-corrected chi connectivity index (χ0v) is 32.7. The normalized spacial score (nSPS) is 13.9. The Morgan fingerprint density at radius 3 is 1.48 bits per heavy atom. The zero-order valence-electron chi connectivity index (χ0n) is 32.7. The number of unbranched alkanes of at least 4 members (excludes halogenated alkanes) is 15. The fraction of sp³-hybridized carbons (Fsp3) is 0.773. The predicted octanol–water partition coefficient (Wildman–Crippen LogP) is 11.8. The van der Waals surface area contributed by atoms with E-state index in [9.17, 15) is 19.8 Å². The van der Waals surface area contributed by atoms with Crippen LogP contribution in [-0.4, -0.2) is 47.6 Å². The summed E-state index contributed by atoms with van der Waals surface area (Å²) in [6.07, 6.45) is 43.6. The van der Waals surface area contributed by atoms with E-state index >= 15 is 0 Å². The second-order valence-corrected chi connectivity index (χ2v) is 14.2. The second kappa shape index (κ2) is 38.1. The first kappa shape index (κ1) is 47.8. The molecular formula is C44H78O6. The standard InChI is InChI=1S/C44H78O6/c1-4-6-34-41(45)35-30-26-22-18-14-11-12-16-20-24-28-32-37-44(48)50-39-42(46)38-49-43(47)36-31-27-23-19-15-10-8-7-9-13-17-21-25-29-33-40(3)5-2/h11-12,18,20,22,24,30,35,40-42,45-46H,4-10,13-17,19,21,23,25-29,31-34,36-39H2,1-3H3/b12-11-,22-18-,24-20-,35-30-/t40?,41-,42-/m0/s1. The largest absolute Gasteiger partial charge is 0.463 e. The van der Waals surface area contributed by atoms with Gasteiger partial charge in [-0.1, -0.05) is 179 Å². The van der Waals surface area contributed by atoms with Crippen LogP contribution >= 0.6 is 0 Å². The van der Waals surface area contributed by atoms with Crippen LogP contribution in [0.2, 0.25) is 0 Å². The molecule has 0 bridgehead atoms. The Hall–Kier alpha value is -2.18. The summed E-state index contributed by atoms with van der Waals surface area (Å²) in [7, 11) is 0. The molecule has 0 aromatic carbocycles. The molecule has 0 amide bonds. The van der Waals surface area contributed by atoms with Crippen LogP contribution in [0.5, 0.6) is 0 Å². The molecular weight excluding hydrogens is 624 g/mol. The smallest absolute Gasteiger partial charge is 0.305 e. The third-order valence-corrected chi connectivity index (χ3v) is 9.18. The summed E-state index contributed by atoms with van der Waals surface area (Å²) in [6, 6.07) is 0. The first-order valence-electron chi connectivity index (χ1n) is 20.7. The minimum atomic E-state index is -0.996. The Bertz CT molecular complexity index is 876. The summed E-state index contributed by atoms with van der Waals surface area (Å²) in [5.74, 6) is 0.249. The van der Waals surface area contributed by atoms with Crippen molar-refractivity contribution in [3.8, 4) is 0 Å². The third-order valence-electron chi connectivity index (χ3n) is 9.18. The predicted molar refractivity (Wildman–Crippen MR) is 211 cm³/mol. The maximum Gasteiger partial charge on any atom is 0.305 e. The van der Waals surface area contributed by atoms with Crippen molar-refractivity contribution in [2.45, 2.75) is 200 Å². The fourth-order valence-electron chi connectivity index (χ4n) is 5.60. The number of ether oxygens (including phenoxy) is 2. The van der Waals surface area contributed by atoms with Gasteiger partial charge in [0.25, 0.3) is 0 Å². The van der Waals surface area contributed by atoms with E-state index in [0.29, 0.717) is 19.3 Å². The quantitative estimate of drug-likeness (QED) is 0.0383. The number of allylic oxidation sites excluding steroid dienone is 7. The van der Waals surface area contributed by atoms with Crippen molar-refractivity contribution in [2.75, 3.05) is 13.2 Å². The van der Waals surface area contributed by atoms with Gasteiger partial charge in [0.05, 0.1) is 6.10 Å². The van der Waals surface area contributed by atoms with Gasteiger partial charge in [-0.2, -0.15) is 0 Å². The number of carbonyl (C=O) groups is 2. The number of aliphatic hydroxyl groups excluding tert-OH is 2. The molecule has 6 nitrogen and oxygen atoms in total. The van der Waals surface area contributed by atoms with E-state index in [2.05, 4.69) is 57.2 Å². The molecule has 0 spiro atoms. The Morgan fingerprint density at radius 2 is 0.980 bits per heavy atom. The van der Waals surface area contributed by atoms with Crippen LogP contribution < -0.4 is 0 Å². The van der Waals surface area contributed by atoms with E-state index < -0.39 is 6.10 Å². The van der Waals surface area contributed by atoms with Gasteiger partial charge in [-0.05, 0) is 50.9 Å². The molecule has 1 unspecified atom stereocenters. The maximum absolute atomic E-state index is 12.0. The molecule has 0 aliphatic rings. The zero-order chi connectivity index (χ0) is 36.8. The summed E-state index contributed by atoms with van der Waals surface area (Å²) < 4.78 is 10.3. The van der Waals surface area contributed by atoms with Gasteiger partial charge in [-0.3, -0.25) is 9.59 Å². The second-order valence-electron chi connectivity index (χ2n) is 14.2. The summed E-state index contributed by atoms with van der Waals surface area (Å²) in [5.41, 5.74) is 0. The minimum Gasteiger partial charge on any atom is -0.463 e. The Morgan fingerprint density at radius 1 is 0.540 bits per heavy atom. The molecule has 0 aliphatic heterocycles. The van der Waals surface area contributed by atoms with Gasteiger partial charge in [-0.25, -0.2) is 0 Å². The molecule has 0 aromatic rings. The molecule has 0 heterocycles. The average molecular weight is 703 g/mol. The van der Waals surface area contributed by atoms with E-state index in [0.717, 1.165) is 70.1 Å². The van der Waals surface area contributed by atoms with Crippen molar-refractivity contribution < 1.29 is 29.3 Å². The summed E-state index contributed by atoms with van der Waals surface area (Å²) in [4.78, 5) is 23.9. The van der Waals surface area contributed by atoms with Crippen molar-refractivity contribution in [3.63, 3.8) is 0 Å². The highest BCUT2D eigenvalue weighted by molar-refractivity contribution is 5.69. The molecule has 0 aliphatic carbocycles. The molecule has 0 fully saturated rings. The van der Waals surface area contributed by atoms with Gasteiger partial charge in [0.1, 0.15) is 19.3 Å². The van der Waals surface area contributed by atoms with E-state index in [1.54, 1.807) is 0 Å². The van der Waals surface area contributed by atoms with Crippen molar-refractivity contribution >= 4 is 11.9 Å². The lowest BCUT2D eigenvalue weighted by Crippen LogP contribution is -2.25. The van der Waals surface area contributed by atoms with Crippen LogP contribution in [0.3, 0.4) is 0 Å². The van der Waals surface area contributed by atoms with Gasteiger partial charge in [0.15, 0.2) is 0 Å². The molecule has 3 atom stereocenters. The molecule has 0 aromatic heterocycles. The number of hydrogen-bond acceptors (Lipinski definition) is 6. The van der Waals surface area contributed by atoms with Crippen LogP contribution in [0.1, 0.15) is 188 Å². The topological polar surface area (TPSA) is 93.1 Å². The van der Waals surface area contributed by atoms with Gasteiger partial charge in [0, 0.05) is 12.8 Å². The number of hydrogen-bond donors (Lipinski definition) is 2. The van der Waals surface area contributed by atoms with Crippen LogP contribution in [-0.2, 0) is 19.1 Å². The lowest BCUT2D eigenvalue weighted by molar-refractivity contribution is -0.152. The molecule has 290 valence electrons. The van der Waals surface area contributed by atoms with E-state index in [-0.39, 0.29) is 31.3 Å². The van der Waals surface area contributed by atoms with Crippen molar-refractivity contribution in [3.05, 3.63) is 48.6 Å². The Kier molecular flexibility index (Phi) is 36.4. The Labute approximate surface area is 308 Å². The molecule has 0 rings (SSSR count). The maximum atomic E-state index is 12.0. The van der Waals surface area contributed by atoms with Crippen LogP contribution in [0.15, 0.2) is 48.6 Å². The highest BCUT2D eigenvalue weighted by Gasteiger charge is 2.12.